The maximum absolute atomic E-state index is 12.9. The predicted molar refractivity (Wildman–Crippen MR) is 99.5 cm³/mol. The van der Waals surface area contributed by atoms with E-state index in [4.69, 9.17) is 0 Å². The largest absolute Gasteiger partial charge is 0.416 e. The van der Waals surface area contributed by atoms with E-state index in [-0.39, 0.29) is 22.9 Å². The lowest BCUT2D eigenvalue weighted by Gasteiger charge is -2.29. The number of amides is 2. The molecule has 8 heteroatoms. The smallest absolute Gasteiger partial charge is 0.357 e. The molecule has 0 unspecified atom stereocenters. The Morgan fingerprint density at radius 2 is 1.68 bits per heavy atom. The maximum atomic E-state index is 12.9. The van der Waals surface area contributed by atoms with Crippen molar-refractivity contribution in [2.45, 2.75) is 33.0 Å². The number of nitrogens with one attached hydrogen (secondary N) is 2. The van der Waals surface area contributed by atoms with Crippen LogP contribution in [0.1, 0.15) is 36.8 Å². The lowest BCUT2D eigenvalue weighted by molar-refractivity contribution is -0.137. The lowest BCUT2D eigenvalue weighted by Crippen LogP contribution is -2.53. The van der Waals surface area contributed by atoms with E-state index in [0.717, 1.165) is 12.1 Å². The minimum atomic E-state index is -4.47. The Labute approximate surface area is 161 Å². The Hall–Kier alpha value is -2.90. The van der Waals surface area contributed by atoms with Gasteiger partial charge in [-0.25, -0.2) is 4.98 Å². The molecule has 0 aliphatic heterocycles. The quantitative estimate of drug-likeness (QED) is 0.833. The van der Waals surface area contributed by atoms with Gasteiger partial charge in [0.05, 0.1) is 11.3 Å². The van der Waals surface area contributed by atoms with Crippen LogP contribution in [0.4, 0.5) is 13.2 Å². The molecule has 0 radical (unpaired) electrons. The number of halogens is 3. The molecular formula is C20H22F3N3O2. The summed E-state index contributed by atoms with van der Waals surface area (Å²) in [5.41, 5.74) is -0.870. The van der Waals surface area contributed by atoms with Crippen molar-refractivity contribution in [3.8, 4) is 11.3 Å². The first-order valence-corrected chi connectivity index (χ1v) is 8.60. The van der Waals surface area contributed by atoms with E-state index in [9.17, 15) is 22.8 Å². The molecule has 0 aliphatic carbocycles. The zero-order chi connectivity index (χ0) is 21.1. The van der Waals surface area contributed by atoms with Gasteiger partial charge in [0.2, 0.25) is 5.91 Å². The SMILES string of the molecule is CNC(=O)[C@@H](NC(=O)c1cccc(-c2cccc(C(F)(F)F)c2)n1)C(C)(C)C. The van der Waals surface area contributed by atoms with Crippen molar-refractivity contribution in [3.63, 3.8) is 0 Å². The summed E-state index contributed by atoms with van der Waals surface area (Å²) in [6, 6.07) is 8.41. The Morgan fingerprint density at radius 1 is 1.04 bits per heavy atom. The third-order valence-corrected chi connectivity index (χ3v) is 4.12. The highest BCUT2D eigenvalue weighted by Crippen LogP contribution is 2.31. The van der Waals surface area contributed by atoms with Crippen LogP contribution in [0.5, 0.6) is 0 Å². The molecule has 5 nitrogen and oxygen atoms in total. The van der Waals surface area contributed by atoms with Crippen LogP contribution in [-0.4, -0.2) is 29.9 Å². The minimum absolute atomic E-state index is 0.00747. The van der Waals surface area contributed by atoms with Gasteiger partial charge >= 0.3 is 6.18 Å². The molecule has 0 saturated carbocycles. The van der Waals surface area contributed by atoms with Crippen LogP contribution >= 0.6 is 0 Å². The van der Waals surface area contributed by atoms with E-state index in [1.54, 1.807) is 20.8 Å². The van der Waals surface area contributed by atoms with Crippen molar-refractivity contribution in [2.75, 3.05) is 7.05 Å². The molecule has 28 heavy (non-hydrogen) atoms. The fourth-order valence-corrected chi connectivity index (χ4v) is 2.60. The Balaban J connectivity index is 2.32. The number of likely N-dealkylation sites (N-methyl/N-ethyl adjacent to an activating group) is 1. The normalized spacial score (nSPS) is 13.0. The molecule has 0 aliphatic rings. The second kappa shape index (κ2) is 8.00. The van der Waals surface area contributed by atoms with Gasteiger partial charge in [0.15, 0.2) is 0 Å². The van der Waals surface area contributed by atoms with Crippen LogP contribution in [0.3, 0.4) is 0 Å². The zero-order valence-electron chi connectivity index (χ0n) is 16.0. The summed E-state index contributed by atoms with van der Waals surface area (Å²) in [6.45, 7) is 5.42. The van der Waals surface area contributed by atoms with Crippen LogP contribution in [0.15, 0.2) is 42.5 Å². The van der Waals surface area contributed by atoms with Crippen molar-refractivity contribution in [1.82, 2.24) is 15.6 Å². The first kappa shape index (κ1) is 21.4. The number of alkyl halides is 3. The highest BCUT2D eigenvalue weighted by atomic mass is 19.4. The Morgan fingerprint density at radius 3 is 2.25 bits per heavy atom. The molecule has 2 N–H and O–H groups in total. The average molecular weight is 393 g/mol. The summed E-state index contributed by atoms with van der Waals surface area (Å²) in [4.78, 5) is 28.9. The summed E-state index contributed by atoms with van der Waals surface area (Å²) < 4.78 is 38.8. The van der Waals surface area contributed by atoms with E-state index < -0.39 is 29.1 Å². The fourth-order valence-electron chi connectivity index (χ4n) is 2.60. The van der Waals surface area contributed by atoms with Gasteiger partial charge in [-0.3, -0.25) is 9.59 Å². The Kier molecular flexibility index (Phi) is 6.11. The summed E-state index contributed by atoms with van der Waals surface area (Å²) in [6.07, 6.45) is -4.47. The number of hydrogen-bond acceptors (Lipinski definition) is 3. The van der Waals surface area contributed by atoms with Crippen molar-refractivity contribution >= 4 is 11.8 Å². The topological polar surface area (TPSA) is 71.1 Å². The number of carbonyl (C=O) groups is 2. The van der Waals surface area contributed by atoms with Gasteiger partial charge in [-0.05, 0) is 29.7 Å². The molecular weight excluding hydrogens is 371 g/mol. The first-order chi connectivity index (χ1) is 12.9. The molecule has 2 amide bonds. The van der Waals surface area contributed by atoms with Crippen LogP contribution < -0.4 is 10.6 Å². The standard InChI is InChI=1S/C20H22F3N3O2/c1-19(2,3)16(18(28)24-4)26-17(27)15-10-6-9-14(25-15)12-7-5-8-13(11-12)20(21,22)23/h5-11,16H,1-4H3,(H,24,28)(H,26,27)/t16-/m1/s1. The zero-order valence-corrected chi connectivity index (χ0v) is 16.0. The van der Waals surface area contributed by atoms with E-state index in [2.05, 4.69) is 15.6 Å². The minimum Gasteiger partial charge on any atom is -0.357 e. The van der Waals surface area contributed by atoms with Gasteiger partial charge in [-0.15, -0.1) is 0 Å². The number of pyridine rings is 1. The summed E-state index contributed by atoms with van der Waals surface area (Å²) in [5.74, 6) is -0.938. The second-order valence-corrected chi connectivity index (χ2v) is 7.37. The molecule has 0 fully saturated rings. The summed E-state index contributed by atoms with van der Waals surface area (Å²) >= 11 is 0. The summed E-state index contributed by atoms with van der Waals surface area (Å²) in [5, 5.41) is 5.15. The third kappa shape index (κ3) is 5.09. The van der Waals surface area contributed by atoms with Crippen molar-refractivity contribution in [2.24, 2.45) is 5.41 Å². The van der Waals surface area contributed by atoms with Gasteiger partial charge in [0.25, 0.3) is 5.91 Å². The van der Waals surface area contributed by atoms with Crippen LogP contribution in [-0.2, 0) is 11.0 Å². The van der Waals surface area contributed by atoms with Gasteiger partial charge in [-0.1, -0.05) is 39.0 Å². The van der Waals surface area contributed by atoms with Crippen LogP contribution in [0.25, 0.3) is 11.3 Å². The van der Waals surface area contributed by atoms with E-state index in [1.807, 2.05) is 0 Å². The molecule has 1 aromatic heterocycles. The number of nitrogens with zero attached hydrogens (tertiary/aromatic N) is 1. The molecule has 0 saturated heterocycles. The van der Waals surface area contributed by atoms with Gasteiger partial charge in [0.1, 0.15) is 11.7 Å². The average Bonchev–Trinajstić information content (AvgIpc) is 2.64. The highest BCUT2D eigenvalue weighted by molar-refractivity contribution is 5.96. The molecule has 0 bridgehead atoms. The van der Waals surface area contributed by atoms with Crippen molar-refractivity contribution in [1.29, 1.82) is 0 Å². The van der Waals surface area contributed by atoms with Crippen LogP contribution in [0, 0.1) is 5.41 Å². The molecule has 2 aromatic rings. The van der Waals surface area contributed by atoms with E-state index in [1.165, 1.54) is 37.4 Å². The monoisotopic (exact) mass is 393 g/mol. The number of hydrogen-bond donors (Lipinski definition) is 2. The lowest BCUT2D eigenvalue weighted by atomic mass is 9.86. The first-order valence-electron chi connectivity index (χ1n) is 8.60. The molecule has 1 heterocycles. The third-order valence-electron chi connectivity index (χ3n) is 4.12. The molecule has 1 atom stereocenters. The number of rotatable bonds is 4. The number of benzene rings is 1. The second-order valence-electron chi connectivity index (χ2n) is 7.37. The molecule has 1 aromatic carbocycles. The summed E-state index contributed by atoms with van der Waals surface area (Å²) in [7, 11) is 1.47. The molecule has 150 valence electrons. The van der Waals surface area contributed by atoms with Gasteiger partial charge in [-0.2, -0.15) is 13.2 Å². The van der Waals surface area contributed by atoms with E-state index in [0.29, 0.717) is 0 Å². The van der Waals surface area contributed by atoms with Crippen molar-refractivity contribution < 1.29 is 22.8 Å². The highest BCUT2D eigenvalue weighted by Gasteiger charge is 2.33. The van der Waals surface area contributed by atoms with Gasteiger partial charge < -0.3 is 10.6 Å². The predicted octanol–water partition coefficient (Wildman–Crippen LogP) is 3.66. The number of aromatic nitrogens is 1. The maximum Gasteiger partial charge on any atom is 0.416 e. The van der Waals surface area contributed by atoms with E-state index >= 15 is 0 Å². The van der Waals surface area contributed by atoms with Crippen LogP contribution in [0.2, 0.25) is 0 Å². The molecule has 2 rings (SSSR count). The fraction of sp³-hybridized carbons (Fsp3) is 0.350. The van der Waals surface area contributed by atoms with Crippen molar-refractivity contribution in [3.05, 3.63) is 53.7 Å². The van der Waals surface area contributed by atoms with Gasteiger partial charge in [0, 0.05) is 12.6 Å². The molecule has 0 spiro atoms. The number of carbonyl (C=O) groups excluding carboxylic acids is 2. The Bertz CT molecular complexity index is 873.